The molecule has 1 fully saturated rings. The summed E-state index contributed by atoms with van der Waals surface area (Å²) in [5.74, 6) is -1.15. The summed E-state index contributed by atoms with van der Waals surface area (Å²) in [4.78, 5) is 0. The lowest BCUT2D eigenvalue weighted by Crippen LogP contribution is -2.30. The molecule has 23 heavy (non-hydrogen) atoms. The molecule has 0 saturated carbocycles. The van der Waals surface area contributed by atoms with Crippen molar-refractivity contribution in [2.45, 2.75) is 18.8 Å². The van der Waals surface area contributed by atoms with Gasteiger partial charge < -0.3 is 20.5 Å². The number of ether oxygens (including phenoxy) is 1. The van der Waals surface area contributed by atoms with Crippen LogP contribution in [0.5, 0.6) is 5.75 Å². The minimum atomic E-state index is -4.50. The number of β-amino-alcohol motifs (C(OH)–C–C–N with tert-alkyl or cyclic N) is 1. The van der Waals surface area contributed by atoms with E-state index in [9.17, 15) is 22.7 Å². The Labute approximate surface area is 137 Å². The summed E-state index contributed by atoms with van der Waals surface area (Å²) in [6, 6.07) is 3.83. The first-order valence-electron chi connectivity index (χ1n) is 6.92. The zero-order chi connectivity index (χ0) is 16.2. The highest BCUT2D eigenvalue weighted by molar-refractivity contribution is 5.85. The lowest BCUT2D eigenvalue weighted by atomic mass is 10.1. The van der Waals surface area contributed by atoms with E-state index in [1.165, 1.54) is 12.1 Å². The number of hydrogen-bond donors (Lipinski definition) is 3. The molecule has 9 heteroatoms. The van der Waals surface area contributed by atoms with Crippen LogP contribution in [0.1, 0.15) is 5.56 Å². The highest BCUT2D eigenvalue weighted by Crippen LogP contribution is 2.22. The first-order chi connectivity index (χ1) is 10.3. The van der Waals surface area contributed by atoms with Crippen molar-refractivity contribution >= 4 is 12.4 Å². The van der Waals surface area contributed by atoms with Crippen molar-refractivity contribution in [1.29, 1.82) is 0 Å². The number of alkyl halides is 3. The maximum Gasteiger partial charge on any atom is 0.422 e. The van der Waals surface area contributed by atoms with Crippen LogP contribution in [0.4, 0.5) is 17.6 Å². The van der Waals surface area contributed by atoms with Crippen molar-refractivity contribution in [1.82, 2.24) is 10.6 Å². The van der Waals surface area contributed by atoms with Crippen molar-refractivity contribution in [2.24, 2.45) is 5.92 Å². The molecule has 0 bridgehead atoms. The van der Waals surface area contributed by atoms with Crippen LogP contribution in [-0.4, -0.2) is 43.6 Å². The molecule has 0 amide bonds. The van der Waals surface area contributed by atoms with Crippen molar-refractivity contribution < 1.29 is 27.4 Å². The number of aliphatic hydroxyl groups excluding tert-OH is 1. The molecule has 2 rings (SSSR count). The lowest BCUT2D eigenvalue weighted by Gasteiger charge is -2.14. The SMILES string of the molecule is Cl.OC1CNCC1CNCc1ccc(OCC(F)(F)F)c(F)c1. The van der Waals surface area contributed by atoms with Gasteiger partial charge in [0.1, 0.15) is 0 Å². The Morgan fingerprint density at radius 3 is 2.61 bits per heavy atom. The highest BCUT2D eigenvalue weighted by Gasteiger charge is 2.29. The van der Waals surface area contributed by atoms with Gasteiger partial charge in [0.2, 0.25) is 0 Å². The van der Waals surface area contributed by atoms with Crippen LogP contribution in [0.15, 0.2) is 18.2 Å². The van der Waals surface area contributed by atoms with E-state index in [-0.39, 0.29) is 18.3 Å². The van der Waals surface area contributed by atoms with Gasteiger partial charge in [-0.25, -0.2) is 4.39 Å². The monoisotopic (exact) mass is 358 g/mol. The van der Waals surface area contributed by atoms with Crippen LogP contribution in [0, 0.1) is 11.7 Å². The summed E-state index contributed by atoms with van der Waals surface area (Å²) in [6.45, 7) is 0.689. The molecule has 2 unspecified atom stereocenters. The molecule has 1 aliphatic heterocycles. The quantitative estimate of drug-likeness (QED) is 0.679. The molecular weight excluding hydrogens is 340 g/mol. The van der Waals surface area contributed by atoms with Gasteiger partial charge in [-0.15, -0.1) is 12.4 Å². The minimum absolute atomic E-state index is 0. The Morgan fingerprint density at radius 1 is 1.30 bits per heavy atom. The fraction of sp³-hybridized carbons (Fsp3) is 0.571. The Kier molecular flexibility index (Phi) is 7.53. The summed E-state index contributed by atoms with van der Waals surface area (Å²) in [7, 11) is 0. The summed E-state index contributed by atoms with van der Waals surface area (Å²) in [5, 5.41) is 15.8. The standard InChI is InChI=1S/C14H18F4N2O2.ClH/c15-11-3-9(1-2-13(11)22-8-14(16,17)18)4-19-5-10-6-20-7-12(10)21;/h1-3,10,12,19-21H,4-8H2;1H. The van der Waals surface area contributed by atoms with Gasteiger partial charge in [0, 0.05) is 32.1 Å². The Balaban J connectivity index is 0.00000264. The van der Waals surface area contributed by atoms with Crippen LogP contribution < -0.4 is 15.4 Å². The van der Waals surface area contributed by atoms with Crippen LogP contribution in [0.25, 0.3) is 0 Å². The average molecular weight is 359 g/mol. The Hall–Kier alpha value is -1.09. The van der Waals surface area contributed by atoms with Crippen molar-refractivity contribution in [2.75, 3.05) is 26.2 Å². The summed E-state index contributed by atoms with van der Waals surface area (Å²) in [6.07, 6.45) is -4.90. The molecule has 1 aromatic carbocycles. The zero-order valence-electron chi connectivity index (χ0n) is 12.2. The smallest absolute Gasteiger partial charge is 0.422 e. The van der Waals surface area contributed by atoms with Gasteiger partial charge in [0.25, 0.3) is 0 Å². The molecule has 0 spiro atoms. The van der Waals surface area contributed by atoms with Gasteiger partial charge in [-0.1, -0.05) is 6.07 Å². The highest BCUT2D eigenvalue weighted by atomic mass is 35.5. The third kappa shape index (κ3) is 6.50. The van der Waals surface area contributed by atoms with E-state index >= 15 is 0 Å². The van der Waals surface area contributed by atoms with Gasteiger partial charge in [0.05, 0.1) is 6.10 Å². The number of benzene rings is 1. The van der Waals surface area contributed by atoms with E-state index in [1.54, 1.807) is 0 Å². The van der Waals surface area contributed by atoms with E-state index in [1.807, 2.05) is 0 Å². The van der Waals surface area contributed by atoms with Crippen LogP contribution in [0.3, 0.4) is 0 Å². The predicted molar refractivity (Wildman–Crippen MR) is 79.3 cm³/mol. The molecule has 3 N–H and O–H groups in total. The number of hydrogen-bond acceptors (Lipinski definition) is 4. The topological polar surface area (TPSA) is 53.5 Å². The van der Waals surface area contributed by atoms with Crippen LogP contribution >= 0.6 is 12.4 Å². The lowest BCUT2D eigenvalue weighted by molar-refractivity contribution is -0.153. The van der Waals surface area contributed by atoms with Gasteiger partial charge in [-0.2, -0.15) is 13.2 Å². The number of rotatable bonds is 6. The number of nitrogens with one attached hydrogen (secondary N) is 2. The van der Waals surface area contributed by atoms with Crippen LogP contribution in [-0.2, 0) is 6.54 Å². The van der Waals surface area contributed by atoms with Gasteiger partial charge in [0.15, 0.2) is 18.2 Å². The second kappa shape index (κ2) is 8.68. The number of halogens is 5. The summed E-state index contributed by atoms with van der Waals surface area (Å²) < 4.78 is 54.1. The molecule has 0 radical (unpaired) electrons. The van der Waals surface area contributed by atoms with Crippen molar-refractivity contribution in [3.05, 3.63) is 29.6 Å². The first-order valence-corrected chi connectivity index (χ1v) is 6.92. The third-order valence-corrected chi connectivity index (χ3v) is 3.43. The fourth-order valence-corrected chi connectivity index (χ4v) is 2.26. The molecule has 1 heterocycles. The van der Waals surface area contributed by atoms with E-state index in [0.29, 0.717) is 31.7 Å². The summed E-state index contributed by atoms with van der Waals surface area (Å²) >= 11 is 0. The molecule has 0 aromatic heterocycles. The van der Waals surface area contributed by atoms with E-state index in [4.69, 9.17) is 0 Å². The minimum Gasteiger partial charge on any atom is -0.481 e. The normalized spacial score (nSPS) is 21.1. The molecular formula is C14H19ClF4N2O2. The van der Waals surface area contributed by atoms with Crippen LogP contribution in [0.2, 0.25) is 0 Å². The summed E-state index contributed by atoms with van der Waals surface area (Å²) in [5.41, 5.74) is 0.595. The van der Waals surface area contributed by atoms with E-state index in [0.717, 1.165) is 6.07 Å². The molecule has 4 nitrogen and oxygen atoms in total. The van der Waals surface area contributed by atoms with E-state index in [2.05, 4.69) is 15.4 Å². The predicted octanol–water partition coefficient (Wildman–Crippen LogP) is 1.86. The first kappa shape index (κ1) is 20.0. The molecule has 2 atom stereocenters. The van der Waals surface area contributed by atoms with Gasteiger partial charge >= 0.3 is 6.18 Å². The Morgan fingerprint density at radius 2 is 2.04 bits per heavy atom. The second-order valence-corrected chi connectivity index (χ2v) is 5.29. The maximum atomic E-state index is 13.6. The van der Waals surface area contributed by atoms with E-state index < -0.39 is 30.5 Å². The maximum absolute atomic E-state index is 13.6. The zero-order valence-corrected chi connectivity index (χ0v) is 13.0. The second-order valence-electron chi connectivity index (χ2n) is 5.29. The third-order valence-electron chi connectivity index (χ3n) is 3.43. The average Bonchev–Trinajstić information content (AvgIpc) is 2.82. The Bertz CT molecular complexity index is 502. The molecule has 1 saturated heterocycles. The molecule has 1 aliphatic rings. The largest absolute Gasteiger partial charge is 0.481 e. The molecule has 0 aliphatic carbocycles. The van der Waals surface area contributed by atoms with Gasteiger partial charge in [-0.05, 0) is 17.7 Å². The fourth-order valence-electron chi connectivity index (χ4n) is 2.26. The molecule has 1 aromatic rings. The number of aliphatic hydroxyl groups is 1. The van der Waals surface area contributed by atoms with Crippen molar-refractivity contribution in [3.8, 4) is 5.75 Å². The van der Waals surface area contributed by atoms with Gasteiger partial charge in [-0.3, -0.25) is 0 Å². The van der Waals surface area contributed by atoms with Crippen molar-refractivity contribution in [3.63, 3.8) is 0 Å². The molecule has 132 valence electrons.